The van der Waals surface area contributed by atoms with E-state index in [1.807, 2.05) is 0 Å². The van der Waals surface area contributed by atoms with Crippen LogP contribution in [0.1, 0.15) is 18.1 Å². The van der Waals surface area contributed by atoms with Gasteiger partial charge in [0, 0.05) is 11.8 Å². The average molecular weight is 277 g/mol. The average Bonchev–Trinajstić information content (AvgIpc) is 2.46. The van der Waals surface area contributed by atoms with Crippen molar-refractivity contribution in [2.75, 3.05) is 14.2 Å². The van der Waals surface area contributed by atoms with Crippen LogP contribution in [0.2, 0.25) is 0 Å². The Hall–Kier alpha value is -2.14. The number of pyridine rings is 1. The number of nitrogens with zero attached hydrogens (tertiary/aromatic N) is 1. The van der Waals surface area contributed by atoms with E-state index in [9.17, 15) is 9.50 Å². The lowest BCUT2D eigenvalue weighted by Gasteiger charge is -2.27. The summed E-state index contributed by atoms with van der Waals surface area (Å²) < 4.78 is 23.9. The molecular weight excluding hydrogens is 261 g/mol. The summed E-state index contributed by atoms with van der Waals surface area (Å²) in [6.45, 7) is 1.55. The van der Waals surface area contributed by atoms with Crippen molar-refractivity contribution in [2.45, 2.75) is 12.5 Å². The Balaban J connectivity index is 2.64. The largest absolute Gasteiger partial charge is 0.496 e. The normalized spacial score (nSPS) is 13.7. The monoisotopic (exact) mass is 277 g/mol. The minimum atomic E-state index is -1.49. The van der Waals surface area contributed by atoms with Crippen LogP contribution in [0.3, 0.4) is 0 Å². The molecule has 0 saturated carbocycles. The Morgan fingerprint density at radius 3 is 2.25 bits per heavy atom. The third-order valence-electron chi connectivity index (χ3n) is 3.18. The zero-order valence-electron chi connectivity index (χ0n) is 11.6. The molecule has 1 aromatic heterocycles. The Labute approximate surface area is 116 Å². The molecule has 1 N–H and O–H groups in total. The fourth-order valence-corrected chi connectivity index (χ4v) is 2.15. The number of halogens is 1. The van der Waals surface area contributed by atoms with Crippen LogP contribution in [0, 0.1) is 5.82 Å². The first-order chi connectivity index (χ1) is 9.50. The number of aliphatic hydroxyl groups is 1. The number of aromatic nitrogens is 1. The van der Waals surface area contributed by atoms with Crippen LogP contribution in [0.25, 0.3) is 0 Å². The van der Waals surface area contributed by atoms with Gasteiger partial charge in [0.1, 0.15) is 22.9 Å². The Kier molecular flexibility index (Phi) is 3.90. The van der Waals surface area contributed by atoms with Crippen LogP contribution in [0.15, 0.2) is 36.7 Å². The van der Waals surface area contributed by atoms with Gasteiger partial charge in [-0.2, -0.15) is 0 Å². The predicted octanol–water partition coefficient (Wildman–Crippen LogP) is 2.49. The molecule has 5 heteroatoms. The molecule has 0 radical (unpaired) electrons. The molecule has 0 aliphatic carbocycles. The summed E-state index contributed by atoms with van der Waals surface area (Å²) in [7, 11) is 3.00. The van der Waals surface area contributed by atoms with Gasteiger partial charge in [-0.15, -0.1) is 0 Å². The summed E-state index contributed by atoms with van der Waals surface area (Å²) >= 11 is 0. The molecule has 0 fully saturated rings. The number of rotatable bonds is 4. The molecule has 0 aliphatic heterocycles. The lowest BCUT2D eigenvalue weighted by atomic mass is 9.87. The maximum Gasteiger partial charge on any atom is 0.141 e. The maximum absolute atomic E-state index is 13.3. The summed E-state index contributed by atoms with van der Waals surface area (Å²) in [5.74, 6) is 0.397. The first-order valence-electron chi connectivity index (χ1n) is 6.05. The maximum atomic E-state index is 13.3. The van der Waals surface area contributed by atoms with Crippen LogP contribution in [-0.4, -0.2) is 24.3 Å². The molecular formula is C15H16FNO3. The highest BCUT2D eigenvalue weighted by atomic mass is 19.1. The first kappa shape index (κ1) is 14.3. The first-order valence-corrected chi connectivity index (χ1v) is 6.05. The molecule has 0 aliphatic rings. The molecule has 0 spiro atoms. The van der Waals surface area contributed by atoms with Gasteiger partial charge in [0.05, 0.1) is 26.0 Å². The Morgan fingerprint density at radius 1 is 1.15 bits per heavy atom. The third kappa shape index (κ3) is 2.44. The standard InChI is InChI=1S/C15H16FNO3/c1-15(18,10-7-11(16)9-17-8-10)14-12(19-2)5-4-6-13(14)20-3/h4-9,18H,1-3H3. The topological polar surface area (TPSA) is 51.6 Å². The molecule has 2 aromatic rings. The van der Waals surface area contributed by atoms with Crippen molar-refractivity contribution in [3.8, 4) is 11.5 Å². The molecule has 106 valence electrons. The van der Waals surface area contributed by atoms with E-state index in [0.29, 0.717) is 22.6 Å². The van der Waals surface area contributed by atoms with E-state index in [2.05, 4.69) is 4.98 Å². The van der Waals surface area contributed by atoms with E-state index in [1.54, 1.807) is 25.1 Å². The lowest BCUT2D eigenvalue weighted by Crippen LogP contribution is -2.25. The van der Waals surface area contributed by atoms with Gasteiger partial charge < -0.3 is 14.6 Å². The van der Waals surface area contributed by atoms with Crippen molar-refractivity contribution in [1.82, 2.24) is 4.98 Å². The molecule has 1 heterocycles. The number of hydrogen-bond acceptors (Lipinski definition) is 4. The van der Waals surface area contributed by atoms with E-state index in [1.165, 1.54) is 26.5 Å². The van der Waals surface area contributed by atoms with Gasteiger partial charge in [-0.1, -0.05) is 6.07 Å². The van der Waals surface area contributed by atoms with Gasteiger partial charge in [-0.3, -0.25) is 4.98 Å². The lowest BCUT2D eigenvalue weighted by molar-refractivity contribution is 0.0948. The molecule has 0 saturated heterocycles. The van der Waals surface area contributed by atoms with Crippen molar-refractivity contribution >= 4 is 0 Å². The van der Waals surface area contributed by atoms with Crippen molar-refractivity contribution in [1.29, 1.82) is 0 Å². The smallest absolute Gasteiger partial charge is 0.141 e. The van der Waals surface area contributed by atoms with Crippen LogP contribution in [-0.2, 0) is 5.60 Å². The Morgan fingerprint density at radius 2 is 1.75 bits per heavy atom. The molecule has 1 aromatic carbocycles. The number of ether oxygens (including phenoxy) is 2. The van der Waals surface area contributed by atoms with E-state index in [-0.39, 0.29) is 0 Å². The van der Waals surface area contributed by atoms with Crippen LogP contribution >= 0.6 is 0 Å². The second kappa shape index (κ2) is 5.46. The molecule has 20 heavy (non-hydrogen) atoms. The van der Waals surface area contributed by atoms with Crippen LogP contribution in [0.4, 0.5) is 4.39 Å². The fourth-order valence-electron chi connectivity index (χ4n) is 2.15. The van der Waals surface area contributed by atoms with Crippen molar-refractivity contribution in [3.63, 3.8) is 0 Å². The third-order valence-corrected chi connectivity index (χ3v) is 3.18. The highest BCUT2D eigenvalue weighted by Gasteiger charge is 2.33. The number of hydrogen-bond donors (Lipinski definition) is 1. The fraction of sp³-hybridized carbons (Fsp3) is 0.267. The molecule has 4 nitrogen and oxygen atoms in total. The predicted molar refractivity (Wildman–Crippen MR) is 72.4 cm³/mol. The number of benzene rings is 1. The van der Waals surface area contributed by atoms with Crippen molar-refractivity contribution in [3.05, 3.63) is 53.6 Å². The summed E-state index contributed by atoms with van der Waals surface area (Å²) in [6, 6.07) is 6.40. The van der Waals surface area contributed by atoms with Gasteiger partial charge in [-0.05, 0) is 25.1 Å². The van der Waals surface area contributed by atoms with Gasteiger partial charge in [0.25, 0.3) is 0 Å². The zero-order valence-corrected chi connectivity index (χ0v) is 11.6. The van der Waals surface area contributed by atoms with Gasteiger partial charge >= 0.3 is 0 Å². The van der Waals surface area contributed by atoms with Crippen molar-refractivity contribution in [2.24, 2.45) is 0 Å². The number of methoxy groups -OCH3 is 2. The summed E-state index contributed by atoms with van der Waals surface area (Å²) in [5, 5.41) is 10.8. The van der Waals surface area contributed by atoms with E-state index >= 15 is 0 Å². The minimum absolute atomic E-state index is 0.320. The van der Waals surface area contributed by atoms with Crippen LogP contribution < -0.4 is 9.47 Å². The van der Waals surface area contributed by atoms with Gasteiger partial charge in [-0.25, -0.2) is 4.39 Å². The second-order valence-corrected chi connectivity index (χ2v) is 4.50. The second-order valence-electron chi connectivity index (χ2n) is 4.50. The summed E-state index contributed by atoms with van der Waals surface area (Å²) in [6.07, 6.45) is 2.49. The molecule has 1 atom stereocenters. The Bertz CT molecular complexity index is 592. The molecule has 1 unspecified atom stereocenters. The molecule has 2 rings (SSSR count). The zero-order chi connectivity index (χ0) is 14.8. The van der Waals surface area contributed by atoms with Gasteiger partial charge in [0.15, 0.2) is 0 Å². The quantitative estimate of drug-likeness (QED) is 0.933. The van der Waals surface area contributed by atoms with Crippen molar-refractivity contribution < 1.29 is 19.0 Å². The summed E-state index contributed by atoms with van der Waals surface area (Å²) in [5.41, 5.74) is -0.745. The highest BCUT2D eigenvalue weighted by molar-refractivity contribution is 5.52. The SMILES string of the molecule is COc1cccc(OC)c1C(C)(O)c1cncc(F)c1. The molecule has 0 amide bonds. The summed E-state index contributed by atoms with van der Waals surface area (Å²) in [4.78, 5) is 3.77. The minimum Gasteiger partial charge on any atom is -0.496 e. The van der Waals surface area contributed by atoms with E-state index in [0.717, 1.165) is 6.20 Å². The van der Waals surface area contributed by atoms with E-state index < -0.39 is 11.4 Å². The highest BCUT2D eigenvalue weighted by Crippen LogP contribution is 2.41. The van der Waals surface area contributed by atoms with Crippen LogP contribution in [0.5, 0.6) is 11.5 Å². The molecule has 0 bridgehead atoms. The van der Waals surface area contributed by atoms with E-state index in [4.69, 9.17) is 9.47 Å². The van der Waals surface area contributed by atoms with Gasteiger partial charge in [0.2, 0.25) is 0 Å².